The fraction of sp³-hybridized carbons (Fsp3) is 0.833. The minimum Gasteiger partial charge on any atom is -0.378 e. The first-order chi connectivity index (χ1) is 11.9. The van der Waals surface area contributed by atoms with Gasteiger partial charge in [0.05, 0.1) is 24.9 Å². The highest BCUT2D eigenvalue weighted by Crippen LogP contribution is 2.45. The molecule has 6 heteroatoms. The molecule has 132 valence electrons. The van der Waals surface area contributed by atoms with Crippen LogP contribution in [0.2, 0.25) is 0 Å². The Hall–Kier alpha value is -1.27. The number of nitrogens with zero attached hydrogens (tertiary/aromatic N) is 3. The third kappa shape index (κ3) is 3.70. The Morgan fingerprint density at radius 3 is 2.67 bits per heavy atom. The van der Waals surface area contributed by atoms with Crippen LogP contribution < -0.4 is 0 Å². The number of ether oxygens (including phenoxy) is 2. The largest absolute Gasteiger partial charge is 0.378 e. The Morgan fingerprint density at radius 2 is 1.88 bits per heavy atom. The third-order valence-corrected chi connectivity index (χ3v) is 5.94. The fourth-order valence-corrected chi connectivity index (χ4v) is 4.62. The zero-order valence-corrected chi connectivity index (χ0v) is 14.3. The molecule has 0 spiro atoms. The summed E-state index contributed by atoms with van der Waals surface area (Å²) in [4.78, 5) is 0. The van der Waals surface area contributed by atoms with Crippen LogP contribution in [0.15, 0.2) is 12.2 Å². The van der Waals surface area contributed by atoms with E-state index in [4.69, 9.17) is 9.47 Å². The standard InChI is InChI=1S/C18H28N4O2/c1-2-6-13(7-3-1)23-12-15-14(16-10-11-17(15)24-16)8-4-5-9-18-19-21-22-20-18/h4-5,13-17H,1-3,6-12H2,(H,19,20,21,22)/b5-4-/t14-,15+,16-,17+/m1/s1. The van der Waals surface area contributed by atoms with E-state index in [1.54, 1.807) is 0 Å². The van der Waals surface area contributed by atoms with Crippen molar-refractivity contribution < 1.29 is 9.47 Å². The maximum atomic E-state index is 6.28. The van der Waals surface area contributed by atoms with Crippen LogP contribution in [0.5, 0.6) is 0 Å². The number of nitrogens with one attached hydrogen (secondary N) is 1. The van der Waals surface area contributed by atoms with Gasteiger partial charge in [0.2, 0.25) is 0 Å². The molecule has 0 amide bonds. The zero-order valence-electron chi connectivity index (χ0n) is 14.3. The van der Waals surface area contributed by atoms with Gasteiger partial charge in [0.1, 0.15) is 0 Å². The SMILES string of the molecule is C(=C/C[C@@H]1[C@H](COC2CCCCC2)[C@@H]2CC[C@H]1O2)/Cc1nnn[nH]1. The first-order valence-electron chi connectivity index (χ1n) is 9.55. The van der Waals surface area contributed by atoms with Crippen molar-refractivity contribution in [1.82, 2.24) is 20.6 Å². The molecule has 1 N–H and O–H groups in total. The molecule has 0 radical (unpaired) electrons. The number of hydrogen-bond acceptors (Lipinski definition) is 5. The normalized spacial score (nSPS) is 33.7. The van der Waals surface area contributed by atoms with Gasteiger partial charge in [-0.1, -0.05) is 31.4 Å². The van der Waals surface area contributed by atoms with Crippen LogP contribution in [0.25, 0.3) is 0 Å². The second-order valence-electron chi connectivity index (χ2n) is 7.47. The summed E-state index contributed by atoms with van der Waals surface area (Å²) >= 11 is 0. The number of H-pyrrole nitrogens is 1. The Balaban J connectivity index is 1.28. The van der Waals surface area contributed by atoms with Gasteiger partial charge in [0.25, 0.3) is 0 Å². The van der Waals surface area contributed by atoms with Gasteiger partial charge in [-0.15, -0.1) is 5.10 Å². The number of tetrazole rings is 1. The van der Waals surface area contributed by atoms with E-state index in [2.05, 4.69) is 32.8 Å². The number of hydrogen-bond donors (Lipinski definition) is 1. The van der Waals surface area contributed by atoms with Gasteiger partial charge in [0, 0.05) is 12.3 Å². The highest BCUT2D eigenvalue weighted by atomic mass is 16.5. The molecule has 1 saturated carbocycles. The second kappa shape index (κ2) is 7.74. The molecule has 1 aliphatic carbocycles. The number of aromatic amines is 1. The van der Waals surface area contributed by atoms with Crippen molar-refractivity contribution in [2.75, 3.05) is 6.61 Å². The van der Waals surface area contributed by atoms with E-state index in [1.165, 1.54) is 44.9 Å². The molecular formula is C18H28N4O2. The Kier molecular flexibility index (Phi) is 5.23. The van der Waals surface area contributed by atoms with Gasteiger partial charge in [-0.2, -0.15) is 0 Å². The number of aromatic nitrogens is 4. The quantitative estimate of drug-likeness (QED) is 0.777. The van der Waals surface area contributed by atoms with Crippen molar-refractivity contribution in [3.63, 3.8) is 0 Å². The van der Waals surface area contributed by atoms with Gasteiger partial charge in [-0.25, -0.2) is 5.10 Å². The van der Waals surface area contributed by atoms with E-state index in [0.717, 1.165) is 25.3 Å². The number of rotatable bonds is 7. The summed E-state index contributed by atoms with van der Waals surface area (Å²) < 4.78 is 12.5. The van der Waals surface area contributed by atoms with Crippen LogP contribution in [0.4, 0.5) is 0 Å². The lowest BCUT2D eigenvalue weighted by molar-refractivity contribution is -0.0130. The van der Waals surface area contributed by atoms with Gasteiger partial charge in [-0.3, -0.25) is 0 Å². The van der Waals surface area contributed by atoms with Crippen LogP contribution in [-0.2, 0) is 15.9 Å². The van der Waals surface area contributed by atoms with Crippen LogP contribution in [0, 0.1) is 11.8 Å². The summed E-state index contributed by atoms with van der Waals surface area (Å²) in [6, 6.07) is 0. The monoisotopic (exact) mass is 332 g/mol. The average Bonchev–Trinajstić information content (AvgIpc) is 3.35. The van der Waals surface area contributed by atoms with Crippen LogP contribution >= 0.6 is 0 Å². The average molecular weight is 332 g/mol. The minimum atomic E-state index is 0.426. The topological polar surface area (TPSA) is 72.9 Å². The number of fused-ring (bicyclic) bond motifs is 2. The summed E-state index contributed by atoms with van der Waals surface area (Å²) in [5.41, 5.74) is 0. The predicted molar refractivity (Wildman–Crippen MR) is 89.3 cm³/mol. The number of allylic oxidation sites excluding steroid dienone is 2. The molecule has 4 rings (SSSR count). The highest BCUT2D eigenvalue weighted by molar-refractivity contribution is 5.01. The Labute approximate surface area is 143 Å². The molecular weight excluding hydrogens is 304 g/mol. The predicted octanol–water partition coefficient (Wildman–Crippen LogP) is 2.83. The third-order valence-electron chi connectivity index (χ3n) is 5.94. The van der Waals surface area contributed by atoms with Gasteiger partial charge in [0.15, 0.2) is 5.82 Å². The Bertz CT molecular complexity index is 527. The smallest absolute Gasteiger partial charge is 0.152 e. The van der Waals surface area contributed by atoms with E-state index in [0.29, 0.717) is 30.1 Å². The van der Waals surface area contributed by atoms with Crippen molar-refractivity contribution in [3.8, 4) is 0 Å². The fourth-order valence-electron chi connectivity index (χ4n) is 4.62. The van der Waals surface area contributed by atoms with E-state index in [1.807, 2.05) is 0 Å². The lowest BCUT2D eigenvalue weighted by atomic mass is 9.78. The van der Waals surface area contributed by atoms with Crippen molar-refractivity contribution in [3.05, 3.63) is 18.0 Å². The molecule has 3 fully saturated rings. The summed E-state index contributed by atoms with van der Waals surface area (Å²) in [6.07, 6.45) is 16.6. The highest BCUT2D eigenvalue weighted by Gasteiger charge is 2.48. The van der Waals surface area contributed by atoms with E-state index in [9.17, 15) is 0 Å². The lowest BCUT2D eigenvalue weighted by Gasteiger charge is -2.30. The first-order valence-corrected chi connectivity index (χ1v) is 9.55. The molecule has 1 aromatic rings. The summed E-state index contributed by atoms with van der Waals surface area (Å²) in [6.45, 7) is 0.885. The van der Waals surface area contributed by atoms with E-state index >= 15 is 0 Å². The molecule has 6 nitrogen and oxygen atoms in total. The molecule has 24 heavy (non-hydrogen) atoms. The first kappa shape index (κ1) is 16.2. The van der Waals surface area contributed by atoms with E-state index in [-0.39, 0.29) is 0 Å². The van der Waals surface area contributed by atoms with Crippen molar-refractivity contribution in [1.29, 1.82) is 0 Å². The van der Waals surface area contributed by atoms with Gasteiger partial charge < -0.3 is 9.47 Å². The molecule has 2 aliphatic heterocycles. The summed E-state index contributed by atoms with van der Waals surface area (Å²) in [5.74, 6) is 1.99. The summed E-state index contributed by atoms with van der Waals surface area (Å²) in [7, 11) is 0. The Morgan fingerprint density at radius 1 is 1.04 bits per heavy atom. The summed E-state index contributed by atoms with van der Waals surface area (Å²) in [5, 5.41) is 13.9. The van der Waals surface area contributed by atoms with Crippen LogP contribution in [0.1, 0.15) is 57.2 Å². The molecule has 2 saturated heterocycles. The molecule has 4 atom stereocenters. The molecule has 1 aromatic heterocycles. The van der Waals surface area contributed by atoms with Gasteiger partial charge >= 0.3 is 0 Å². The molecule has 0 aromatic carbocycles. The van der Waals surface area contributed by atoms with Crippen molar-refractivity contribution in [2.24, 2.45) is 11.8 Å². The molecule has 3 aliphatic rings. The molecule has 2 bridgehead atoms. The minimum absolute atomic E-state index is 0.426. The van der Waals surface area contributed by atoms with Crippen molar-refractivity contribution in [2.45, 2.75) is 76.1 Å². The molecule has 3 heterocycles. The van der Waals surface area contributed by atoms with E-state index < -0.39 is 0 Å². The van der Waals surface area contributed by atoms with Crippen LogP contribution in [0.3, 0.4) is 0 Å². The maximum absolute atomic E-state index is 6.28. The van der Waals surface area contributed by atoms with Gasteiger partial charge in [-0.05, 0) is 48.4 Å². The molecule has 0 unspecified atom stereocenters. The second-order valence-corrected chi connectivity index (χ2v) is 7.47. The lowest BCUT2D eigenvalue weighted by Crippen LogP contribution is -2.32. The van der Waals surface area contributed by atoms with Crippen LogP contribution in [-0.4, -0.2) is 45.5 Å². The van der Waals surface area contributed by atoms with Crippen molar-refractivity contribution >= 4 is 0 Å². The zero-order chi connectivity index (χ0) is 16.2. The maximum Gasteiger partial charge on any atom is 0.152 e.